The molecule has 0 radical (unpaired) electrons. The summed E-state index contributed by atoms with van der Waals surface area (Å²) < 4.78 is 0. The predicted octanol–water partition coefficient (Wildman–Crippen LogP) is 2.49. The second-order valence-electron chi connectivity index (χ2n) is 4.21. The summed E-state index contributed by atoms with van der Waals surface area (Å²) in [6.45, 7) is 2.69. The fraction of sp³-hybridized carbons (Fsp3) is 1.00. The third-order valence-electron chi connectivity index (χ3n) is 3.13. The van der Waals surface area contributed by atoms with Crippen LogP contribution >= 0.6 is 11.6 Å². The van der Waals surface area contributed by atoms with Crippen LogP contribution in [0, 0.1) is 5.92 Å². The minimum absolute atomic E-state index is 0.822. The second kappa shape index (κ2) is 3.97. The first-order valence-electron chi connectivity index (χ1n) is 5.20. The van der Waals surface area contributed by atoms with Gasteiger partial charge in [0.25, 0.3) is 0 Å². The Morgan fingerprint density at radius 3 is 2.75 bits per heavy atom. The van der Waals surface area contributed by atoms with Crippen LogP contribution in [0.15, 0.2) is 0 Å². The summed E-state index contributed by atoms with van der Waals surface area (Å²) in [5.74, 6) is 1.88. The van der Waals surface area contributed by atoms with Gasteiger partial charge in [0.2, 0.25) is 0 Å². The van der Waals surface area contributed by atoms with Crippen molar-refractivity contribution in [3.05, 3.63) is 0 Å². The molecule has 12 heavy (non-hydrogen) atoms. The lowest BCUT2D eigenvalue weighted by Crippen LogP contribution is -2.31. The lowest BCUT2D eigenvalue weighted by Gasteiger charge is -2.23. The summed E-state index contributed by atoms with van der Waals surface area (Å²) in [5, 5.41) is 0. The van der Waals surface area contributed by atoms with Crippen LogP contribution in [0.1, 0.15) is 32.1 Å². The SMILES string of the molecule is ClCCC1CCCN1CC1CC1. The van der Waals surface area contributed by atoms with Gasteiger partial charge in [-0.25, -0.2) is 0 Å². The summed E-state index contributed by atoms with van der Waals surface area (Å²) in [5.41, 5.74) is 0. The molecule has 70 valence electrons. The number of likely N-dealkylation sites (tertiary alicyclic amines) is 1. The van der Waals surface area contributed by atoms with Crippen LogP contribution in [-0.2, 0) is 0 Å². The second-order valence-corrected chi connectivity index (χ2v) is 4.59. The minimum Gasteiger partial charge on any atom is -0.300 e. The Morgan fingerprint density at radius 2 is 2.08 bits per heavy atom. The van der Waals surface area contributed by atoms with Gasteiger partial charge in [-0.15, -0.1) is 11.6 Å². The highest BCUT2D eigenvalue weighted by Gasteiger charge is 2.30. The first-order chi connectivity index (χ1) is 5.90. The molecule has 1 unspecified atom stereocenters. The smallest absolute Gasteiger partial charge is 0.0238 e. The van der Waals surface area contributed by atoms with Crippen molar-refractivity contribution in [2.75, 3.05) is 19.0 Å². The average Bonchev–Trinajstić information content (AvgIpc) is 2.76. The van der Waals surface area contributed by atoms with Crippen molar-refractivity contribution in [2.24, 2.45) is 5.92 Å². The monoisotopic (exact) mass is 187 g/mol. The molecule has 2 heteroatoms. The standard InChI is InChI=1S/C10H18ClN/c11-6-5-10-2-1-7-12(10)8-9-3-4-9/h9-10H,1-8H2. The molecule has 2 fully saturated rings. The quantitative estimate of drug-likeness (QED) is 0.612. The zero-order valence-electron chi connectivity index (χ0n) is 7.64. The van der Waals surface area contributed by atoms with E-state index in [0.717, 1.165) is 17.8 Å². The van der Waals surface area contributed by atoms with Gasteiger partial charge in [-0.1, -0.05) is 0 Å². The lowest BCUT2D eigenvalue weighted by molar-refractivity contribution is 0.239. The summed E-state index contributed by atoms with van der Waals surface area (Å²) in [6.07, 6.45) is 6.94. The largest absolute Gasteiger partial charge is 0.300 e. The minimum atomic E-state index is 0.822. The normalized spacial score (nSPS) is 31.2. The van der Waals surface area contributed by atoms with Gasteiger partial charge in [-0.3, -0.25) is 0 Å². The van der Waals surface area contributed by atoms with Crippen LogP contribution < -0.4 is 0 Å². The molecule has 1 aliphatic heterocycles. The van der Waals surface area contributed by atoms with E-state index in [1.807, 2.05) is 0 Å². The molecule has 1 heterocycles. The van der Waals surface area contributed by atoms with E-state index < -0.39 is 0 Å². The molecular formula is C10H18ClN. The van der Waals surface area contributed by atoms with Gasteiger partial charge in [0, 0.05) is 18.5 Å². The number of halogens is 1. The molecule has 2 aliphatic rings. The van der Waals surface area contributed by atoms with E-state index in [4.69, 9.17) is 11.6 Å². The number of alkyl halides is 1. The van der Waals surface area contributed by atoms with Gasteiger partial charge in [0.15, 0.2) is 0 Å². The van der Waals surface area contributed by atoms with E-state index >= 15 is 0 Å². The summed E-state index contributed by atoms with van der Waals surface area (Å²) in [7, 11) is 0. The van der Waals surface area contributed by atoms with Crippen molar-refractivity contribution >= 4 is 11.6 Å². The average molecular weight is 188 g/mol. The third kappa shape index (κ3) is 2.14. The molecule has 0 bridgehead atoms. The highest BCUT2D eigenvalue weighted by atomic mass is 35.5. The third-order valence-corrected chi connectivity index (χ3v) is 3.35. The van der Waals surface area contributed by atoms with E-state index in [1.165, 1.54) is 45.2 Å². The molecule has 0 aromatic rings. The van der Waals surface area contributed by atoms with E-state index in [-0.39, 0.29) is 0 Å². The van der Waals surface area contributed by atoms with E-state index in [1.54, 1.807) is 0 Å². The summed E-state index contributed by atoms with van der Waals surface area (Å²) >= 11 is 5.77. The maximum atomic E-state index is 5.77. The van der Waals surface area contributed by atoms with Gasteiger partial charge in [0.1, 0.15) is 0 Å². The number of rotatable bonds is 4. The van der Waals surface area contributed by atoms with Crippen LogP contribution in [0.2, 0.25) is 0 Å². The molecule has 0 aromatic carbocycles. The molecule has 1 saturated heterocycles. The van der Waals surface area contributed by atoms with Gasteiger partial charge < -0.3 is 4.90 Å². The number of hydrogen-bond acceptors (Lipinski definition) is 1. The van der Waals surface area contributed by atoms with Crippen molar-refractivity contribution in [1.29, 1.82) is 0 Å². The fourth-order valence-corrected chi connectivity index (χ4v) is 2.47. The zero-order chi connectivity index (χ0) is 8.39. The molecule has 1 saturated carbocycles. The molecule has 0 amide bonds. The molecular weight excluding hydrogens is 170 g/mol. The van der Waals surface area contributed by atoms with Crippen molar-refractivity contribution in [1.82, 2.24) is 4.90 Å². The Kier molecular flexibility index (Phi) is 2.92. The van der Waals surface area contributed by atoms with Gasteiger partial charge >= 0.3 is 0 Å². The Hall–Kier alpha value is 0.250. The van der Waals surface area contributed by atoms with Crippen molar-refractivity contribution in [3.63, 3.8) is 0 Å². The molecule has 1 atom stereocenters. The molecule has 2 rings (SSSR count). The Labute approximate surface area is 80.1 Å². The molecule has 0 N–H and O–H groups in total. The van der Waals surface area contributed by atoms with Crippen molar-refractivity contribution < 1.29 is 0 Å². The molecule has 1 aliphatic carbocycles. The number of hydrogen-bond donors (Lipinski definition) is 0. The lowest BCUT2D eigenvalue weighted by atomic mass is 10.1. The van der Waals surface area contributed by atoms with Crippen LogP contribution in [0.3, 0.4) is 0 Å². The fourth-order valence-electron chi connectivity index (χ4n) is 2.22. The van der Waals surface area contributed by atoms with Crippen LogP contribution in [0.4, 0.5) is 0 Å². The molecule has 0 aromatic heterocycles. The van der Waals surface area contributed by atoms with Crippen molar-refractivity contribution in [3.8, 4) is 0 Å². The number of nitrogens with zero attached hydrogens (tertiary/aromatic N) is 1. The Morgan fingerprint density at radius 1 is 1.25 bits per heavy atom. The first kappa shape index (κ1) is 8.83. The highest BCUT2D eigenvalue weighted by molar-refractivity contribution is 6.17. The van der Waals surface area contributed by atoms with Crippen LogP contribution in [0.25, 0.3) is 0 Å². The first-order valence-corrected chi connectivity index (χ1v) is 5.73. The zero-order valence-corrected chi connectivity index (χ0v) is 8.39. The predicted molar refractivity (Wildman–Crippen MR) is 52.7 cm³/mol. The summed E-state index contributed by atoms with van der Waals surface area (Å²) in [6, 6.07) is 0.822. The Balaban J connectivity index is 1.76. The maximum Gasteiger partial charge on any atom is 0.0238 e. The van der Waals surface area contributed by atoms with Crippen LogP contribution in [-0.4, -0.2) is 29.9 Å². The highest BCUT2D eigenvalue weighted by Crippen LogP contribution is 2.32. The Bertz CT molecular complexity index is 145. The summed E-state index contributed by atoms with van der Waals surface area (Å²) in [4.78, 5) is 2.67. The van der Waals surface area contributed by atoms with Crippen LogP contribution in [0.5, 0.6) is 0 Å². The van der Waals surface area contributed by atoms with E-state index in [9.17, 15) is 0 Å². The molecule has 1 nitrogen and oxygen atoms in total. The van der Waals surface area contributed by atoms with E-state index in [0.29, 0.717) is 0 Å². The maximum absolute atomic E-state index is 5.77. The van der Waals surface area contributed by atoms with Gasteiger partial charge in [0.05, 0.1) is 0 Å². The van der Waals surface area contributed by atoms with Crippen molar-refractivity contribution in [2.45, 2.75) is 38.1 Å². The molecule has 0 spiro atoms. The van der Waals surface area contributed by atoms with Gasteiger partial charge in [-0.2, -0.15) is 0 Å². The topological polar surface area (TPSA) is 3.24 Å². The van der Waals surface area contributed by atoms with E-state index in [2.05, 4.69) is 4.90 Å². The van der Waals surface area contributed by atoms with Gasteiger partial charge in [-0.05, 0) is 44.6 Å².